The van der Waals surface area contributed by atoms with Crippen LogP contribution in [0, 0.1) is 10.1 Å². The predicted molar refractivity (Wildman–Crippen MR) is 131 cm³/mol. The zero-order valence-electron chi connectivity index (χ0n) is 19.9. The molecule has 0 saturated carbocycles. The number of methoxy groups -OCH3 is 1. The molecule has 2 amide bonds. The summed E-state index contributed by atoms with van der Waals surface area (Å²) in [5.41, 5.74) is 0.505. The number of rotatable bonds is 9. The topological polar surface area (TPSA) is 120 Å². The number of unbranched alkanes of at least 4 members (excludes halogenated alkanes) is 1. The Hall–Kier alpha value is -4.21. The second-order valence-electron chi connectivity index (χ2n) is 8.92. The molecular formula is C25H27N5O5. The van der Waals surface area contributed by atoms with Gasteiger partial charge in [-0.05, 0) is 51.0 Å². The van der Waals surface area contributed by atoms with Gasteiger partial charge in [0.1, 0.15) is 5.75 Å². The third kappa shape index (κ3) is 4.72. The molecule has 10 nitrogen and oxygen atoms in total. The number of carbonyl (C=O) groups is 2. The summed E-state index contributed by atoms with van der Waals surface area (Å²) in [6.07, 6.45) is 6.84. The molecule has 4 rings (SSSR count). The Morgan fingerprint density at radius 1 is 1.17 bits per heavy atom. The van der Waals surface area contributed by atoms with Crippen LogP contribution in [0.1, 0.15) is 42.6 Å². The molecule has 35 heavy (non-hydrogen) atoms. The van der Waals surface area contributed by atoms with Gasteiger partial charge in [0.15, 0.2) is 0 Å². The highest BCUT2D eigenvalue weighted by Gasteiger charge is 2.46. The first-order valence-corrected chi connectivity index (χ1v) is 11.3. The smallest absolute Gasteiger partial charge is 0.273 e. The average Bonchev–Trinajstić information content (AvgIpc) is 3.42. The molecule has 2 heterocycles. The molecule has 0 aliphatic carbocycles. The fourth-order valence-corrected chi connectivity index (χ4v) is 4.38. The van der Waals surface area contributed by atoms with Crippen LogP contribution in [0.15, 0.2) is 55.1 Å². The molecule has 0 spiro atoms. The molecule has 0 atom stereocenters. The summed E-state index contributed by atoms with van der Waals surface area (Å²) in [6.45, 7) is 4.72. The molecule has 0 unspecified atom stereocenters. The highest BCUT2D eigenvalue weighted by Crippen LogP contribution is 2.48. The maximum absolute atomic E-state index is 13.4. The number of aryl methyl sites for hydroxylation is 1. The van der Waals surface area contributed by atoms with E-state index in [4.69, 9.17) is 4.74 Å². The van der Waals surface area contributed by atoms with Crippen molar-refractivity contribution in [1.29, 1.82) is 0 Å². The minimum Gasteiger partial charge on any atom is -0.497 e. The molecule has 2 aromatic carbocycles. The van der Waals surface area contributed by atoms with Gasteiger partial charge in [-0.1, -0.05) is 0 Å². The van der Waals surface area contributed by atoms with Gasteiger partial charge in [-0.15, -0.1) is 0 Å². The molecule has 0 saturated heterocycles. The first-order chi connectivity index (χ1) is 16.7. The Kier molecular flexibility index (Phi) is 6.54. The van der Waals surface area contributed by atoms with Gasteiger partial charge in [0.05, 0.1) is 35.2 Å². The normalized spacial score (nSPS) is 14.0. The Labute approximate surface area is 202 Å². The van der Waals surface area contributed by atoms with Crippen molar-refractivity contribution in [2.24, 2.45) is 0 Å². The molecule has 0 radical (unpaired) electrons. The van der Waals surface area contributed by atoms with Gasteiger partial charge in [-0.25, -0.2) is 4.98 Å². The van der Waals surface area contributed by atoms with Crippen molar-refractivity contribution in [2.75, 3.05) is 23.9 Å². The van der Waals surface area contributed by atoms with Crippen molar-refractivity contribution in [3.8, 4) is 5.75 Å². The molecule has 1 aromatic heterocycles. The van der Waals surface area contributed by atoms with E-state index in [2.05, 4.69) is 10.3 Å². The number of benzene rings is 2. The molecule has 1 aliphatic heterocycles. The summed E-state index contributed by atoms with van der Waals surface area (Å²) in [5, 5.41) is 14.5. The van der Waals surface area contributed by atoms with E-state index in [0.717, 1.165) is 13.0 Å². The minimum atomic E-state index is -0.961. The lowest BCUT2D eigenvalue weighted by Crippen LogP contribution is -2.37. The SMILES string of the molecule is COc1ccc(C(=O)Nc2cc([N+](=O)[O-])cc3c2C(C)(C)C(=O)N3CCCCn2ccnc2)cc1. The molecule has 1 N–H and O–H groups in total. The molecule has 1 aliphatic rings. The van der Waals surface area contributed by atoms with E-state index in [1.54, 1.807) is 55.5 Å². The van der Waals surface area contributed by atoms with Crippen LogP contribution in [0.4, 0.5) is 17.1 Å². The van der Waals surface area contributed by atoms with Crippen molar-refractivity contribution in [3.05, 3.63) is 76.4 Å². The van der Waals surface area contributed by atoms with Gasteiger partial charge >= 0.3 is 0 Å². The van der Waals surface area contributed by atoms with Gasteiger partial charge in [0.25, 0.3) is 11.6 Å². The standard InChI is InChI=1S/C25H27N5O5/c1-25(2)22-20(27-23(31)17-6-8-19(35-3)9-7-17)14-18(30(33)34)15-21(22)29(24(25)32)12-5-4-11-28-13-10-26-16-28/h6-10,13-16H,4-5,11-12H2,1-3H3,(H,27,31). The van der Waals surface area contributed by atoms with Gasteiger partial charge in [0, 0.05) is 48.7 Å². The number of imidazole rings is 1. The van der Waals surface area contributed by atoms with Crippen LogP contribution in [-0.2, 0) is 16.8 Å². The molecular weight excluding hydrogens is 450 g/mol. The second-order valence-corrected chi connectivity index (χ2v) is 8.92. The van der Waals surface area contributed by atoms with Crippen molar-refractivity contribution >= 4 is 28.9 Å². The monoisotopic (exact) mass is 477 g/mol. The van der Waals surface area contributed by atoms with Gasteiger partial charge in [-0.2, -0.15) is 0 Å². The molecule has 0 bridgehead atoms. The number of fused-ring (bicyclic) bond motifs is 1. The summed E-state index contributed by atoms with van der Waals surface area (Å²) >= 11 is 0. The van der Waals surface area contributed by atoms with E-state index in [9.17, 15) is 19.7 Å². The minimum absolute atomic E-state index is 0.157. The summed E-state index contributed by atoms with van der Waals surface area (Å²) < 4.78 is 7.09. The first-order valence-electron chi connectivity index (χ1n) is 11.3. The average molecular weight is 478 g/mol. The number of nitrogens with one attached hydrogen (secondary N) is 1. The van der Waals surface area contributed by atoms with Crippen molar-refractivity contribution in [2.45, 2.75) is 38.6 Å². The second kappa shape index (κ2) is 9.57. The summed E-state index contributed by atoms with van der Waals surface area (Å²) in [7, 11) is 1.53. The molecule has 10 heteroatoms. The largest absolute Gasteiger partial charge is 0.497 e. The fraction of sp³-hybridized carbons (Fsp3) is 0.320. The van der Waals surface area contributed by atoms with E-state index in [0.29, 0.717) is 35.5 Å². The lowest BCUT2D eigenvalue weighted by Gasteiger charge is -2.20. The van der Waals surface area contributed by atoms with E-state index in [1.165, 1.54) is 19.2 Å². The van der Waals surface area contributed by atoms with Crippen LogP contribution >= 0.6 is 0 Å². The maximum Gasteiger partial charge on any atom is 0.273 e. The molecule has 3 aromatic rings. The Bertz CT molecular complexity index is 1250. The van der Waals surface area contributed by atoms with Crippen molar-refractivity contribution < 1.29 is 19.2 Å². The number of aromatic nitrogens is 2. The van der Waals surface area contributed by atoms with Crippen LogP contribution in [0.3, 0.4) is 0 Å². The predicted octanol–water partition coefficient (Wildman–Crippen LogP) is 4.16. The number of carbonyl (C=O) groups excluding carboxylic acids is 2. The number of nitro groups is 1. The van der Waals surface area contributed by atoms with Crippen LogP contribution in [0.5, 0.6) is 5.75 Å². The highest BCUT2D eigenvalue weighted by atomic mass is 16.6. The quantitative estimate of drug-likeness (QED) is 0.281. The van der Waals surface area contributed by atoms with E-state index in [-0.39, 0.29) is 17.3 Å². The third-order valence-corrected chi connectivity index (χ3v) is 6.22. The number of nitrogens with zero attached hydrogens (tertiary/aromatic N) is 4. The van der Waals surface area contributed by atoms with Crippen molar-refractivity contribution in [3.63, 3.8) is 0 Å². The van der Waals surface area contributed by atoms with Crippen LogP contribution in [0.2, 0.25) is 0 Å². The van der Waals surface area contributed by atoms with Crippen LogP contribution in [0.25, 0.3) is 0 Å². The Balaban J connectivity index is 1.63. The Morgan fingerprint density at radius 3 is 2.51 bits per heavy atom. The lowest BCUT2D eigenvalue weighted by molar-refractivity contribution is -0.384. The van der Waals surface area contributed by atoms with Gasteiger partial charge in [0.2, 0.25) is 5.91 Å². The van der Waals surface area contributed by atoms with E-state index >= 15 is 0 Å². The number of hydrogen-bond acceptors (Lipinski definition) is 6. The summed E-state index contributed by atoms with van der Waals surface area (Å²) in [6, 6.07) is 9.26. The number of hydrogen-bond donors (Lipinski definition) is 1. The third-order valence-electron chi connectivity index (χ3n) is 6.22. The highest BCUT2D eigenvalue weighted by molar-refractivity contribution is 6.12. The zero-order chi connectivity index (χ0) is 25.2. The fourth-order valence-electron chi connectivity index (χ4n) is 4.38. The lowest BCUT2D eigenvalue weighted by atomic mass is 9.84. The van der Waals surface area contributed by atoms with Gasteiger partial charge in [-0.3, -0.25) is 19.7 Å². The number of nitro benzene ring substituents is 1. The summed E-state index contributed by atoms with van der Waals surface area (Å²) in [5.74, 6) is 0.0150. The first kappa shape index (κ1) is 23.9. The number of non-ortho nitro benzene ring substituents is 1. The van der Waals surface area contributed by atoms with E-state index < -0.39 is 16.2 Å². The van der Waals surface area contributed by atoms with Gasteiger partial charge < -0.3 is 19.5 Å². The zero-order valence-corrected chi connectivity index (χ0v) is 19.9. The number of anilines is 2. The number of ether oxygens (including phenoxy) is 1. The van der Waals surface area contributed by atoms with Crippen molar-refractivity contribution in [1.82, 2.24) is 9.55 Å². The van der Waals surface area contributed by atoms with Crippen LogP contribution < -0.4 is 15.0 Å². The summed E-state index contributed by atoms with van der Waals surface area (Å²) in [4.78, 5) is 43.1. The molecule has 0 fully saturated rings. The molecule has 182 valence electrons. The Morgan fingerprint density at radius 2 is 1.89 bits per heavy atom. The number of amides is 2. The van der Waals surface area contributed by atoms with Crippen LogP contribution in [-0.4, -0.2) is 39.9 Å². The van der Waals surface area contributed by atoms with E-state index in [1.807, 2.05) is 10.8 Å². The maximum atomic E-state index is 13.4.